The fourth-order valence-corrected chi connectivity index (χ4v) is 4.11. The second kappa shape index (κ2) is 5.54. The van der Waals surface area contributed by atoms with Gasteiger partial charge in [-0.1, -0.05) is 5.16 Å². The highest BCUT2D eigenvalue weighted by atomic mass is 16.5. The van der Waals surface area contributed by atoms with E-state index in [0.717, 1.165) is 32.0 Å². The van der Waals surface area contributed by atoms with Crippen LogP contribution in [0.4, 0.5) is 5.82 Å². The average molecular weight is 339 g/mol. The Morgan fingerprint density at radius 2 is 1.88 bits per heavy atom. The van der Waals surface area contributed by atoms with Crippen molar-refractivity contribution >= 4 is 11.7 Å². The van der Waals surface area contributed by atoms with Crippen LogP contribution in [0.15, 0.2) is 23.0 Å². The number of fused-ring (bicyclic) bond motifs is 1. The van der Waals surface area contributed by atoms with Crippen LogP contribution in [0.5, 0.6) is 0 Å². The number of aryl methyl sites for hydroxylation is 1. The van der Waals surface area contributed by atoms with Gasteiger partial charge in [-0.3, -0.25) is 4.79 Å². The molecule has 0 aromatic carbocycles. The zero-order valence-electron chi connectivity index (χ0n) is 14.3. The Labute approximate surface area is 146 Å². The summed E-state index contributed by atoms with van der Waals surface area (Å²) in [5.74, 6) is 3.33. The van der Waals surface area contributed by atoms with E-state index in [-0.39, 0.29) is 5.91 Å². The molecule has 2 atom stereocenters. The standard InChI is InChI=1S/C18H21N5O2/c1-11-4-16(21-25-11)18(24)23-8-13-6-22(7-14(13)9-23)17-5-15(12-2-3-12)19-10-20-17/h4-5,10,12-14H,2-3,6-9H2,1H3. The first kappa shape index (κ1) is 14.9. The molecule has 0 N–H and O–H groups in total. The number of carbonyl (C=O) groups excluding carboxylic acids is 1. The third-order valence-electron chi connectivity index (χ3n) is 5.61. The minimum atomic E-state index is -0.0177. The third-order valence-corrected chi connectivity index (χ3v) is 5.61. The molecule has 130 valence electrons. The number of hydrogen-bond acceptors (Lipinski definition) is 6. The smallest absolute Gasteiger partial charge is 0.276 e. The molecule has 1 aliphatic carbocycles. The maximum atomic E-state index is 12.5. The van der Waals surface area contributed by atoms with Crippen LogP contribution in [-0.2, 0) is 0 Å². The number of hydrogen-bond donors (Lipinski definition) is 0. The molecule has 2 unspecified atom stereocenters. The van der Waals surface area contributed by atoms with Gasteiger partial charge in [0.25, 0.3) is 5.91 Å². The molecule has 1 amide bonds. The summed E-state index contributed by atoms with van der Waals surface area (Å²) in [6, 6.07) is 3.86. The monoisotopic (exact) mass is 339 g/mol. The Morgan fingerprint density at radius 3 is 2.52 bits per heavy atom. The van der Waals surface area contributed by atoms with Gasteiger partial charge in [-0.2, -0.15) is 0 Å². The largest absolute Gasteiger partial charge is 0.361 e. The molecule has 0 bridgehead atoms. The van der Waals surface area contributed by atoms with Gasteiger partial charge in [-0.15, -0.1) is 0 Å². The van der Waals surface area contributed by atoms with Gasteiger partial charge >= 0.3 is 0 Å². The molecule has 5 rings (SSSR count). The highest BCUT2D eigenvalue weighted by molar-refractivity contribution is 5.92. The molecular formula is C18H21N5O2. The highest BCUT2D eigenvalue weighted by Gasteiger charge is 2.42. The summed E-state index contributed by atoms with van der Waals surface area (Å²) in [6.07, 6.45) is 4.19. The molecule has 2 aromatic rings. The van der Waals surface area contributed by atoms with Crippen LogP contribution in [0.25, 0.3) is 0 Å². The van der Waals surface area contributed by atoms with Crippen LogP contribution in [0.1, 0.15) is 40.7 Å². The lowest BCUT2D eigenvalue weighted by atomic mass is 10.0. The predicted molar refractivity (Wildman–Crippen MR) is 90.3 cm³/mol. The first-order valence-corrected chi connectivity index (χ1v) is 8.97. The number of carbonyl (C=O) groups is 1. The van der Waals surface area contributed by atoms with Crippen molar-refractivity contribution in [3.63, 3.8) is 0 Å². The molecule has 7 heteroatoms. The number of aromatic nitrogens is 3. The van der Waals surface area contributed by atoms with Gasteiger partial charge in [0.05, 0.1) is 0 Å². The van der Waals surface area contributed by atoms with E-state index in [4.69, 9.17) is 4.52 Å². The zero-order valence-corrected chi connectivity index (χ0v) is 14.3. The van der Waals surface area contributed by atoms with Gasteiger partial charge in [-0.05, 0) is 19.8 Å². The van der Waals surface area contributed by atoms with E-state index >= 15 is 0 Å². The molecule has 3 aliphatic rings. The topological polar surface area (TPSA) is 75.4 Å². The van der Waals surface area contributed by atoms with E-state index in [1.807, 2.05) is 4.90 Å². The van der Waals surface area contributed by atoms with E-state index in [1.54, 1.807) is 19.3 Å². The minimum Gasteiger partial charge on any atom is -0.361 e. The average Bonchev–Trinajstić information content (AvgIpc) is 3.06. The zero-order chi connectivity index (χ0) is 17.0. The summed E-state index contributed by atoms with van der Waals surface area (Å²) >= 11 is 0. The summed E-state index contributed by atoms with van der Waals surface area (Å²) in [5, 5.41) is 3.86. The van der Waals surface area contributed by atoms with Crippen molar-refractivity contribution in [3.05, 3.63) is 35.6 Å². The summed E-state index contributed by atoms with van der Waals surface area (Å²) in [4.78, 5) is 25.7. The molecule has 7 nitrogen and oxygen atoms in total. The number of likely N-dealkylation sites (tertiary alicyclic amines) is 1. The molecule has 2 aliphatic heterocycles. The van der Waals surface area contributed by atoms with Crippen molar-refractivity contribution in [1.29, 1.82) is 0 Å². The molecule has 3 fully saturated rings. The lowest BCUT2D eigenvalue weighted by Crippen LogP contribution is -2.33. The maximum absolute atomic E-state index is 12.5. The molecule has 25 heavy (non-hydrogen) atoms. The van der Waals surface area contributed by atoms with E-state index < -0.39 is 0 Å². The number of nitrogens with zero attached hydrogens (tertiary/aromatic N) is 5. The number of anilines is 1. The van der Waals surface area contributed by atoms with Crippen LogP contribution in [0.2, 0.25) is 0 Å². The van der Waals surface area contributed by atoms with Gasteiger partial charge in [0, 0.05) is 61.8 Å². The second-order valence-corrected chi connectivity index (χ2v) is 7.53. The number of amides is 1. The van der Waals surface area contributed by atoms with Gasteiger partial charge in [0.2, 0.25) is 0 Å². The highest BCUT2D eigenvalue weighted by Crippen LogP contribution is 2.40. The summed E-state index contributed by atoms with van der Waals surface area (Å²) in [5.41, 5.74) is 1.60. The van der Waals surface area contributed by atoms with Crippen LogP contribution < -0.4 is 4.90 Å². The van der Waals surface area contributed by atoms with E-state index in [2.05, 4.69) is 26.1 Å². The maximum Gasteiger partial charge on any atom is 0.276 e. The van der Waals surface area contributed by atoms with Crippen molar-refractivity contribution < 1.29 is 9.32 Å². The van der Waals surface area contributed by atoms with Crippen molar-refractivity contribution in [2.75, 3.05) is 31.1 Å². The first-order chi connectivity index (χ1) is 12.2. The summed E-state index contributed by atoms with van der Waals surface area (Å²) in [6.45, 7) is 5.28. The molecule has 4 heterocycles. The summed E-state index contributed by atoms with van der Waals surface area (Å²) in [7, 11) is 0. The van der Waals surface area contributed by atoms with Crippen molar-refractivity contribution in [2.24, 2.45) is 11.8 Å². The quantitative estimate of drug-likeness (QED) is 0.850. The van der Waals surface area contributed by atoms with E-state index in [0.29, 0.717) is 29.2 Å². The van der Waals surface area contributed by atoms with E-state index in [9.17, 15) is 4.79 Å². The molecular weight excluding hydrogens is 318 g/mol. The second-order valence-electron chi connectivity index (χ2n) is 7.53. The van der Waals surface area contributed by atoms with Gasteiger partial charge in [0.1, 0.15) is 17.9 Å². The Kier molecular flexibility index (Phi) is 3.29. The fourth-order valence-electron chi connectivity index (χ4n) is 4.11. The Balaban J connectivity index is 1.26. The van der Waals surface area contributed by atoms with Gasteiger partial charge in [0.15, 0.2) is 5.69 Å². The van der Waals surface area contributed by atoms with Crippen LogP contribution in [0.3, 0.4) is 0 Å². The van der Waals surface area contributed by atoms with Crippen molar-refractivity contribution in [2.45, 2.75) is 25.7 Å². The Bertz CT molecular complexity index is 801. The fraction of sp³-hybridized carbons (Fsp3) is 0.556. The van der Waals surface area contributed by atoms with Crippen LogP contribution in [-0.4, -0.2) is 52.1 Å². The summed E-state index contributed by atoms with van der Waals surface area (Å²) < 4.78 is 5.03. The van der Waals surface area contributed by atoms with Crippen LogP contribution >= 0.6 is 0 Å². The lowest BCUT2D eigenvalue weighted by Gasteiger charge is -2.22. The molecule has 1 saturated carbocycles. The number of rotatable bonds is 3. The van der Waals surface area contributed by atoms with Crippen LogP contribution in [0, 0.1) is 18.8 Å². The third kappa shape index (κ3) is 2.67. The lowest BCUT2D eigenvalue weighted by molar-refractivity contribution is 0.0772. The van der Waals surface area contributed by atoms with Crippen molar-refractivity contribution in [3.8, 4) is 0 Å². The molecule has 0 spiro atoms. The molecule has 2 saturated heterocycles. The van der Waals surface area contributed by atoms with Crippen molar-refractivity contribution in [1.82, 2.24) is 20.0 Å². The Hall–Kier alpha value is -2.44. The van der Waals surface area contributed by atoms with E-state index in [1.165, 1.54) is 18.5 Å². The van der Waals surface area contributed by atoms with Gasteiger partial charge < -0.3 is 14.3 Å². The normalized spacial score (nSPS) is 25.5. The predicted octanol–water partition coefficient (Wildman–Crippen LogP) is 1.86. The molecule has 0 radical (unpaired) electrons. The first-order valence-electron chi connectivity index (χ1n) is 8.97. The minimum absolute atomic E-state index is 0.0177. The SMILES string of the molecule is Cc1cc(C(=O)N2CC3CN(c4cc(C5CC5)ncn4)CC3C2)no1. The van der Waals surface area contributed by atoms with Gasteiger partial charge in [-0.25, -0.2) is 9.97 Å². The Morgan fingerprint density at radius 1 is 1.12 bits per heavy atom. The molecule has 2 aromatic heterocycles.